The quantitative estimate of drug-likeness (QED) is 0.370. The fourth-order valence-corrected chi connectivity index (χ4v) is 3.61. The van der Waals surface area contributed by atoms with Gasteiger partial charge in [-0.05, 0) is 55.3 Å². The molecule has 0 atom stereocenters. The lowest BCUT2D eigenvalue weighted by Crippen LogP contribution is -2.15. The zero-order chi connectivity index (χ0) is 24.7. The molecule has 0 radical (unpaired) electrons. The molecule has 0 aliphatic carbocycles. The van der Waals surface area contributed by atoms with Gasteiger partial charge in [0.1, 0.15) is 11.4 Å². The van der Waals surface area contributed by atoms with Gasteiger partial charge in [0.2, 0.25) is 0 Å². The predicted molar refractivity (Wildman–Crippen MR) is 122 cm³/mol. The number of imidazole rings is 1. The zero-order valence-corrected chi connectivity index (χ0v) is 18.3. The van der Waals surface area contributed by atoms with Crippen LogP contribution in [0.4, 0.5) is 13.2 Å². The van der Waals surface area contributed by atoms with Gasteiger partial charge in [0.05, 0.1) is 16.8 Å². The molecule has 0 bridgehead atoms. The van der Waals surface area contributed by atoms with Crippen LogP contribution in [0.1, 0.15) is 35.5 Å². The molecule has 4 rings (SSSR count). The highest BCUT2D eigenvalue weighted by molar-refractivity contribution is 5.88. The van der Waals surface area contributed by atoms with Gasteiger partial charge in [-0.15, -0.1) is 0 Å². The molecule has 0 saturated carbocycles. The van der Waals surface area contributed by atoms with E-state index in [9.17, 15) is 23.1 Å². The van der Waals surface area contributed by atoms with Crippen molar-refractivity contribution in [2.24, 2.45) is 0 Å². The molecule has 0 spiro atoms. The molecule has 0 fully saturated rings. The van der Waals surface area contributed by atoms with Gasteiger partial charge >= 0.3 is 12.1 Å². The lowest BCUT2D eigenvalue weighted by molar-refractivity contribution is -0.137. The van der Waals surface area contributed by atoms with Crippen molar-refractivity contribution < 1.29 is 28.2 Å². The van der Waals surface area contributed by atoms with Crippen molar-refractivity contribution in [3.8, 4) is 28.2 Å². The lowest BCUT2D eigenvalue weighted by Gasteiger charge is -2.14. The van der Waals surface area contributed by atoms with Crippen LogP contribution in [0.5, 0.6) is 0 Å². The first kappa shape index (κ1) is 23.3. The highest BCUT2D eigenvalue weighted by Crippen LogP contribution is 2.38. The van der Waals surface area contributed by atoms with E-state index in [1.54, 1.807) is 36.4 Å². The van der Waals surface area contributed by atoms with Crippen molar-refractivity contribution in [1.82, 2.24) is 9.55 Å². The minimum atomic E-state index is -4.58. The van der Waals surface area contributed by atoms with Crippen molar-refractivity contribution in [1.29, 1.82) is 0 Å². The van der Waals surface area contributed by atoms with E-state index in [-0.39, 0.29) is 22.6 Å². The Hall–Kier alpha value is -3.91. The molecule has 0 unspecified atom stereocenters. The molecular formula is C26H21F3N2O3. The summed E-state index contributed by atoms with van der Waals surface area (Å²) < 4.78 is 42.6. The zero-order valence-electron chi connectivity index (χ0n) is 18.3. The summed E-state index contributed by atoms with van der Waals surface area (Å²) in [5.74, 6) is -0.958. The largest absolute Gasteiger partial charge is 0.478 e. The molecule has 0 aliphatic rings. The lowest BCUT2D eigenvalue weighted by atomic mass is 10.0. The summed E-state index contributed by atoms with van der Waals surface area (Å²) in [6, 6.07) is 18.6. The third-order valence-electron chi connectivity index (χ3n) is 5.42. The van der Waals surface area contributed by atoms with Crippen LogP contribution in [-0.2, 0) is 11.8 Å². The molecule has 0 amide bonds. The summed E-state index contributed by atoms with van der Waals surface area (Å²) in [4.78, 5) is 15.4. The van der Waals surface area contributed by atoms with Gasteiger partial charge in [0.25, 0.3) is 0 Å². The Morgan fingerprint density at radius 2 is 1.44 bits per heavy atom. The number of aromatic carboxylic acids is 1. The van der Waals surface area contributed by atoms with Crippen LogP contribution in [0.2, 0.25) is 0 Å². The molecule has 1 heterocycles. The van der Waals surface area contributed by atoms with E-state index < -0.39 is 23.3 Å². The number of benzene rings is 3. The predicted octanol–water partition coefficient (Wildman–Crippen LogP) is 6.15. The second-order valence-electron chi connectivity index (χ2n) is 8.35. The van der Waals surface area contributed by atoms with E-state index in [0.717, 1.165) is 17.2 Å². The van der Waals surface area contributed by atoms with Gasteiger partial charge < -0.3 is 10.2 Å². The molecule has 0 saturated heterocycles. The average molecular weight is 466 g/mol. The van der Waals surface area contributed by atoms with Crippen LogP contribution in [0.25, 0.3) is 28.2 Å². The molecule has 0 aliphatic heterocycles. The van der Waals surface area contributed by atoms with Gasteiger partial charge in [-0.1, -0.05) is 42.5 Å². The van der Waals surface area contributed by atoms with E-state index in [4.69, 9.17) is 5.11 Å². The fourth-order valence-electron chi connectivity index (χ4n) is 3.61. The Morgan fingerprint density at radius 3 is 1.97 bits per heavy atom. The average Bonchev–Trinajstić information content (AvgIpc) is 3.25. The summed E-state index contributed by atoms with van der Waals surface area (Å²) in [5.41, 5.74) is 0.277. The van der Waals surface area contributed by atoms with E-state index in [1.165, 1.54) is 54.9 Å². The topological polar surface area (TPSA) is 75.4 Å². The van der Waals surface area contributed by atoms with Crippen LogP contribution in [0.15, 0.2) is 79.0 Å². The molecule has 8 heteroatoms. The first-order valence-corrected chi connectivity index (χ1v) is 10.4. The monoisotopic (exact) mass is 466 g/mol. The number of halogens is 3. The Balaban J connectivity index is 1.81. The maximum absolute atomic E-state index is 13.7. The van der Waals surface area contributed by atoms with Crippen LogP contribution in [-0.4, -0.2) is 25.7 Å². The second kappa shape index (κ2) is 8.46. The SMILES string of the molecule is CC(C)(O)c1cn(-c2ccc(-c3ccc(C(=O)O)cc3)cc2)c(-c2ccccc2C(F)(F)F)n1. The number of alkyl halides is 3. The first-order chi connectivity index (χ1) is 15.9. The van der Waals surface area contributed by atoms with Crippen molar-refractivity contribution in [2.75, 3.05) is 0 Å². The molecule has 3 aromatic carbocycles. The standard InChI is InChI=1S/C26H21F3N2O3/c1-25(2,34)22-15-31(23(30-22)20-5-3-4-6-21(20)26(27,28)29)19-13-11-17(12-14-19)16-7-9-18(10-8-16)24(32)33/h3-15,34H,1-2H3,(H,32,33). The third kappa shape index (κ3) is 4.58. The van der Waals surface area contributed by atoms with E-state index in [1.807, 2.05) is 0 Å². The number of aliphatic hydroxyl groups is 1. The van der Waals surface area contributed by atoms with Crippen LogP contribution >= 0.6 is 0 Å². The third-order valence-corrected chi connectivity index (χ3v) is 5.42. The van der Waals surface area contributed by atoms with Crippen LogP contribution in [0.3, 0.4) is 0 Å². The van der Waals surface area contributed by atoms with Crippen molar-refractivity contribution in [2.45, 2.75) is 25.6 Å². The number of hydrogen-bond acceptors (Lipinski definition) is 3. The number of aromatic nitrogens is 2. The van der Waals surface area contributed by atoms with E-state index in [2.05, 4.69) is 4.98 Å². The maximum atomic E-state index is 13.7. The normalized spacial score (nSPS) is 12.1. The number of carboxylic acid groups (broad SMARTS) is 1. The van der Waals surface area contributed by atoms with Crippen molar-refractivity contribution >= 4 is 5.97 Å². The minimum absolute atomic E-state index is 0.0589. The molecule has 4 aromatic rings. The summed E-state index contributed by atoms with van der Waals surface area (Å²) in [7, 11) is 0. The number of hydrogen-bond donors (Lipinski definition) is 2. The molecule has 34 heavy (non-hydrogen) atoms. The van der Waals surface area contributed by atoms with Gasteiger partial charge in [-0.25, -0.2) is 9.78 Å². The molecule has 1 aromatic heterocycles. The van der Waals surface area contributed by atoms with E-state index in [0.29, 0.717) is 5.69 Å². The summed E-state index contributed by atoms with van der Waals surface area (Å²) in [5, 5.41) is 19.5. The molecular weight excluding hydrogens is 445 g/mol. The van der Waals surface area contributed by atoms with Crippen LogP contribution < -0.4 is 0 Å². The van der Waals surface area contributed by atoms with Crippen molar-refractivity contribution in [3.05, 3.63) is 95.8 Å². The summed E-state index contributed by atoms with van der Waals surface area (Å²) in [6.45, 7) is 3.03. The Bertz CT molecular complexity index is 1330. The second-order valence-corrected chi connectivity index (χ2v) is 8.35. The van der Waals surface area contributed by atoms with E-state index >= 15 is 0 Å². The molecule has 174 valence electrons. The highest BCUT2D eigenvalue weighted by atomic mass is 19.4. The smallest absolute Gasteiger partial charge is 0.417 e. The highest BCUT2D eigenvalue weighted by Gasteiger charge is 2.35. The molecule has 5 nitrogen and oxygen atoms in total. The van der Waals surface area contributed by atoms with Gasteiger partial charge in [-0.2, -0.15) is 13.2 Å². The van der Waals surface area contributed by atoms with Crippen LogP contribution in [0, 0.1) is 0 Å². The van der Waals surface area contributed by atoms with Crippen molar-refractivity contribution in [3.63, 3.8) is 0 Å². The number of carboxylic acids is 1. The minimum Gasteiger partial charge on any atom is -0.478 e. The summed E-state index contributed by atoms with van der Waals surface area (Å²) in [6.07, 6.45) is -3.05. The number of carbonyl (C=O) groups is 1. The van der Waals surface area contributed by atoms with Gasteiger partial charge in [0, 0.05) is 17.4 Å². The Labute approximate surface area is 193 Å². The fraction of sp³-hybridized carbons (Fsp3) is 0.154. The Kier molecular flexibility index (Phi) is 5.79. The van der Waals surface area contributed by atoms with Gasteiger partial charge in [0.15, 0.2) is 0 Å². The maximum Gasteiger partial charge on any atom is 0.417 e. The first-order valence-electron chi connectivity index (χ1n) is 10.4. The Morgan fingerprint density at radius 1 is 0.882 bits per heavy atom. The van der Waals surface area contributed by atoms with Gasteiger partial charge in [-0.3, -0.25) is 4.57 Å². The number of nitrogens with zero attached hydrogens (tertiary/aromatic N) is 2. The number of rotatable bonds is 5. The summed E-state index contributed by atoms with van der Waals surface area (Å²) >= 11 is 0. The molecule has 2 N–H and O–H groups in total.